The van der Waals surface area contributed by atoms with E-state index in [1.165, 1.54) is 48.0 Å². The van der Waals surface area contributed by atoms with E-state index in [1.807, 2.05) is 0 Å². The van der Waals surface area contributed by atoms with Crippen LogP contribution in [0.15, 0.2) is 22.7 Å². The molecule has 18 heavy (non-hydrogen) atoms. The highest BCUT2D eigenvalue weighted by Gasteiger charge is 2.18. The van der Waals surface area contributed by atoms with Gasteiger partial charge < -0.3 is 5.73 Å². The van der Waals surface area contributed by atoms with Crippen molar-refractivity contribution >= 4 is 15.9 Å². The lowest BCUT2D eigenvalue weighted by atomic mass is 9.93. The van der Waals surface area contributed by atoms with E-state index in [0.717, 1.165) is 19.0 Å². The lowest BCUT2D eigenvalue weighted by Gasteiger charge is -2.31. The molecule has 1 fully saturated rings. The molecule has 1 aromatic rings. The topological polar surface area (TPSA) is 29.3 Å². The Kier molecular flexibility index (Phi) is 5.22. The molecule has 0 spiro atoms. The molecule has 2 nitrogen and oxygen atoms in total. The van der Waals surface area contributed by atoms with Crippen LogP contribution in [-0.4, -0.2) is 24.5 Å². The van der Waals surface area contributed by atoms with Gasteiger partial charge in [0.25, 0.3) is 0 Å². The second-order valence-corrected chi connectivity index (χ2v) is 6.23. The minimum absolute atomic E-state index is 0.844. The molecule has 0 radical (unpaired) electrons. The van der Waals surface area contributed by atoms with Crippen LogP contribution in [0.25, 0.3) is 0 Å². The Morgan fingerprint density at radius 2 is 2.06 bits per heavy atom. The smallest absolute Gasteiger partial charge is 0.0233 e. The number of nitrogens with zero attached hydrogens (tertiary/aromatic N) is 1. The minimum atomic E-state index is 0.844. The standard InChI is InChI=1S/C15H23BrN2/c1-12-10-14(2-3-15(12)16)11-18-8-5-13(4-7-17)6-9-18/h2-3,10,13H,4-9,11,17H2,1H3. The molecule has 3 heteroatoms. The maximum Gasteiger partial charge on any atom is 0.0233 e. The largest absolute Gasteiger partial charge is 0.330 e. The van der Waals surface area contributed by atoms with Crippen molar-refractivity contribution in [2.24, 2.45) is 11.7 Å². The summed E-state index contributed by atoms with van der Waals surface area (Å²) < 4.78 is 1.20. The summed E-state index contributed by atoms with van der Waals surface area (Å²) in [7, 11) is 0. The lowest BCUT2D eigenvalue weighted by molar-refractivity contribution is 0.173. The number of likely N-dealkylation sites (tertiary alicyclic amines) is 1. The number of aryl methyl sites for hydroxylation is 1. The molecule has 0 aliphatic carbocycles. The van der Waals surface area contributed by atoms with Crippen LogP contribution in [0.3, 0.4) is 0 Å². The Morgan fingerprint density at radius 1 is 1.33 bits per heavy atom. The van der Waals surface area contributed by atoms with Crippen molar-refractivity contribution in [1.82, 2.24) is 4.90 Å². The van der Waals surface area contributed by atoms with Gasteiger partial charge in [-0.1, -0.05) is 28.1 Å². The third kappa shape index (κ3) is 3.81. The molecule has 0 bridgehead atoms. The quantitative estimate of drug-likeness (QED) is 0.924. The molecule has 0 atom stereocenters. The Bertz CT molecular complexity index is 384. The highest BCUT2D eigenvalue weighted by Crippen LogP contribution is 2.23. The van der Waals surface area contributed by atoms with Crippen LogP contribution < -0.4 is 5.73 Å². The molecule has 0 saturated carbocycles. The average Bonchev–Trinajstić information content (AvgIpc) is 2.37. The zero-order valence-corrected chi connectivity index (χ0v) is 12.7. The van der Waals surface area contributed by atoms with Crippen molar-refractivity contribution in [3.8, 4) is 0 Å². The lowest BCUT2D eigenvalue weighted by Crippen LogP contribution is -2.33. The molecular formula is C15H23BrN2. The van der Waals surface area contributed by atoms with Gasteiger partial charge in [0.05, 0.1) is 0 Å². The maximum absolute atomic E-state index is 5.63. The first kappa shape index (κ1) is 14.0. The molecule has 100 valence electrons. The van der Waals surface area contributed by atoms with Crippen LogP contribution in [0.1, 0.15) is 30.4 Å². The third-order valence-electron chi connectivity index (χ3n) is 3.91. The zero-order chi connectivity index (χ0) is 13.0. The Hall–Kier alpha value is -0.380. The molecule has 1 heterocycles. The second kappa shape index (κ2) is 6.69. The van der Waals surface area contributed by atoms with Crippen molar-refractivity contribution in [2.45, 2.75) is 32.7 Å². The summed E-state index contributed by atoms with van der Waals surface area (Å²) in [5.74, 6) is 0.859. The second-order valence-electron chi connectivity index (χ2n) is 5.38. The van der Waals surface area contributed by atoms with Crippen molar-refractivity contribution < 1.29 is 0 Å². The van der Waals surface area contributed by atoms with Crippen LogP contribution in [0.2, 0.25) is 0 Å². The summed E-state index contributed by atoms with van der Waals surface area (Å²) in [5.41, 5.74) is 8.38. The first-order valence-electron chi connectivity index (χ1n) is 6.86. The number of rotatable bonds is 4. The van der Waals surface area contributed by atoms with Gasteiger partial charge in [-0.2, -0.15) is 0 Å². The summed E-state index contributed by atoms with van der Waals surface area (Å²) >= 11 is 3.55. The van der Waals surface area contributed by atoms with Crippen molar-refractivity contribution in [1.29, 1.82) is 0 Å². The fourth-order valence-electron chi connectivity index (χ4n) is 2.73. The van der Waals surface area contributed by atoms with Gasteiger partial charge in [-0.15, -0.1) is 0 Å². The van der Waals surface area contributed by atoms with E-state index in [2.05, 4.69) is 46.0 Å². The van der Waals surface area contributed by atoms with E-state index in [-0.39, 0.29) is 0 Å². The van der Waals surface area contributed by atoms with Crippen molar-refractivity contribution in [2.75, 3.05) is 19.6 Å². The Labute approximate surface area is 119 Å². The molecule has 0 aromatic heterocycles. The number of nitrogens with two attached hydrogens (primary N) is 1. The minimum Gasteiger partial charge on any atom is -0.330 e. The van der Waals surface area contributed by atoms with Gasteiger partial charge >= 0.3 is 0 Å². The predicted molar refractivity (Wildman–Crippen MR) is 80.6 cm³/mol. The first-order valence-corrected chi connectivity index (χ1v) is 7.66. The van der Waals surface area contributed by atoms with E-state index < -0.39 is 0 Å². The van der Waals surface area contributed by atoms with Gasteiger partial charge in [0, 0.05) is 11.0 Å². The Morgan fingerprint density at radius 3 is 2.67 bits per heavy atom. The Balaban J connectivity index is 1.85. The fraction of sp³-hybridized carbons (Fsp3) is 0.600. The monoisotopic (exact) mass is 310 g/mol. The maximum atomic E-state index is 5.63. The molecular weight excluding hydrogens is 288 g/mol. The predicted octanol–water partition coefficient (Wildman–Crippen LogP) is 3.32. The van der Waals surface area contributed by atoms with Crippen molar-refractivity contribution in [3.63, 3.8) is 0 Å². The zero-order valence-electron chi connectivity index (χ0n) is 11.2. The van der Waals surface area contributed by atoms with E-state index in [0.29, 0.717) is 0 Å². The molecule has 1 saturated heterocycles. The highest BCUT2D eigenvalue weighted by molar-refractivity contribution is 9.10. The van der Waals surface area contributed by atoms with E-state index in [1.54, 1.807) is 0 Å². The number of halogens is 1. The highest BCUT2D eigenvalue weighted by atomic mass is 79.9. The van der Waals surface area contributed by atoms with Crippen LogP contribution in [0.4, 0.5) is 0 Å². The average molecular weight is 311 g/mol. The number of hydrogen-bond acceptors (Lipinski definition) is 2. The van der Waals surface area contributed by atoms with E-state index >= 15 is 0 Å². The first-order chi connectivity index (χ1) is 8.69. The van der Waals surface area contributed by atoms with Gasteiger partial charge in [0.1, 0.15) is 0 Å². The summed E-state index contributed by atoms with van der Waals surface area (Å²) in [6.45, 7) is 6.53. The van der Waals surface area contributed by atoms with Crippen LogP contribution in [0.5, 0.6) is 0 Å². The number of benzene rings is 1. The molecule has 0 unspecified atom stereocenters. The van der Waals surface area contributed by atoms with Crippen LogP contribution in [0, 0.1) is 12.8 Å². The van der Waals surface area contributed by atoms with E-state index in [9.17, 15) is 0 Å². The van der Waals surface area contributed by atoms with Crippen LogP contribution >= 0.6 is 15.9 Å². The van der Waals surface area contributed by atoms with Gasteiger partial charge in [0.2, 0.25) is 0 Å². The molecule has 1 aliphatic rings. The summed E-state index contributed by atoms with van der Waals surface area (Å²) in [4.78, 5) is 2.57. The molecule has 0 amide bonds. The molecule has 1 aromatic carbocycles. The van der Waals surface area contributed by atoms with Gasteiger partial charge in [-0.25, -0.2) is 0 Å². The molecule has 2 N–H and O–H groups in total. The van der Waals surface area contributed by atoms with Crippen LogP contribution in [-0.2, 0) is 6.54 Å². The fourth-order valence-corrected chi connectivity index (χ4v) is 2.98. The molecule has 2 rings (SSSR count). The summed E-state index contributed by atoms with van der Waals surface area (Å²) in [6, 6.07) is 6.67. The normalized spacial score (nSPS) is 18.2. The number of piperidine rings is 1. The number of hydrogen-bond donors (Lipinski definition) is 1. The van der Waals surface area contributed by atoms with E-state index in [4.69, 9.17) is 5.73 Å². The SMILES string of the molecule is Cc1cc(CN2CCC(CCN)CC2)ccc1Br. The van der Waals surface area contributed by atoms with Gasteiger partial charge in [-0.3, -0.25) is 4.90 Å². The third-order valence-corrected chi connectivity index (χ3v) is 4.80. The summed E-state index contributed by atoms with van der Waals surface area (Å²) in [5, 5.41) is 0. The van der Waals surface area contributed by atoms with Crippen molar-refractivity contribution in [3.05, 3.63) is 33.8 Å². The van der Waals surface area contributed by atoms with Gasteiger partial charge in [0.15, 0.2) is 0 Å². The molecule has 1 aliphatic heterocycles. The van der Waals surface area contributed by atoms with Gasteiger partial charge in [-0.05, 0) is 68.9 Å². The summed E-state index contributed by atoms with van der Waals surface area (Å²) in [6.07, 6.45) is 3.82.